The maximum absolute atomic E-state index is 11.4. The van der Waals surface area contributed by atoms with Gasteiger partial charge in [-0.15, -0.1) is 0 Å². The van der Waals surface area contributed by atoms with Gasteiger partial charge in [0.25, 0.3) is 5.56 Å². The highest BCUT2D eigenvalue weighted by molar-refractivity contribution is 9.10. The van der Waals surface area contributed by atoms with Crippen molar-refractivity contribution in [2.75, 3.05) is 0 Å². The first-order chi connectivity index (χ1) is 8.09. The lowest BCUT2D eigenvalue weighted by Gasteiger charge is -2.09. The predicted molar refractivity (Wildman–Crippen MR) is 68.5 cm³/mol. The number of ether oxygens (including phenoxy) is 1. The van der Waals surface area contributed by atoms with E-state index in [-0.39, 0.29) is 11.4 Å². The Morgan fingerprint density at radius 3 is 2.88 bits per heavy atom. The van der Waals surface area contributed by atoms with Crippen molar-refractivity contribution in [3.63, 3.8) is 0 Å². The average molecular weight is 295 g/mol. The molecule has 0 atom stereocenters. The molecule has 88 valence electrons. The molecule has 17 heavy (non-hydrogen) atoms. The number of benzene rings is 1. The molecule has 0 aliphatic heterocycles. The summed E-state index contributed by atoms with van der Waals surface area (Å²) in [5.41, 5.74) is 1.89. The molecule has 0 fully saturated rings. The third-order valence-electron chi connectivity index (χ3n) is 2.53. The highest BCUT2D eigenvalue weighted by Crippen LogP contribution is 2.28. The van der Waals surface area contributed by atoms with E-state index in [4.69, 9.17) is 4.74 Å². The van der Waals surface area contributed by atoms with Gasteiger partial charge in [-0.1, -0.05) is 12.1 Å². The summed E-state index contributed by atoms with van der Waals surface area (Å²) in [6.45, 7) is 3.97. The van der Waals surface area contributed by atoms with E-state index in [9.17, 15) is 4.79 Å². The van der Waals surface area contributed by atoms with Crippen LogP contribution in [-0.4, -0.2) is 9.97 Å². The van der Waals surface area contributed by atoms with Crippen LogP contribution in [0.3, 0.4) is 0 Å². The van der Waals surface area contributed by atoms with E-state index >= 15 is 0 Å². The third kappa shape index (κ3) is 2.39. The second kappa shape index (κ2) is 4.71. The quantitative estimate of drug-likeness (QED) is 0.926. The van der Waals surface area contributed by atoms with Gasteiger partial charge < -0.3 is 9.72 Å². The van der Waals surface area contributed by atoms with Gasteiger partial charge in [-0.25, -0.2) is 4.98 Å². The monoisotopic (exact) mass is 294 g/mol. The van der Waals surface area contributed by atoms with Crippen LogP contribution in [0.15, 0.2) is 33.8 Å². The van der Waals surface area contributed by atoms with Gasteiger partial charge in [-0.3, -0.25) is 4.79 Å². The van der Waals surface area contributed by atoms with Crippen molar-refractivity contribution < 1.29 is 4.74 Å². The average Bonchev–Trinajstić information content (AvgIpc) is 2.31. The first-order valence-electron chi connectivity index (χ1n) is 5.07. The largest absolute Gasteiger partial charge is 0.437 e. The first-order valence-corrected chi connectivity index (χ1v) is 5.86. The summed E-state index contributed by atoms with van der Waals surface area (Å²) in [5, 5.41) is 0. The van der Waals surface area contributed by atoms with Crippen molar-refractivity contribution >= 4 is 15.9 Å². The van der Waals surface area contributed by atoms with Gasteiger partial charge in [0.15, 0.2) is 0 Å². The van der Waals surface area contributed by atoms with Crippen LogP contribution < -0.4 is 10.3 Å². The zero-order valence-corrected chi connectivity index (χ0v) is 11.0. The molecule has 0 aliphatic rings. The van der Waals surface area contributed by atoms with Crippen molar-refractivity contribution in [2.24, 2.45) is 0 Å². The van der Waals surface area contributed by atoms with E-state index in [1.807, 2.05) is 32.0 Å². The Hall–Kier alpha value is -1.62. The van der Waals surface area contributed by atoms with Crippen molar-refractivity contribution in [2.45, 2.75) is 13.8 Å². The van der Waals surface area contributed by atoms with E-state index in [1.54, 1.807) is 0 Å². The number of H-pyrrole nitrogens is 1. The molecule has 5 heteroatoms. The summed E-state index contributed by atoms with van der Waals surface area (Å²) >= 11 is 3.15. The molecule has 4 nitrogen and oxygen atoms in total. The Balaban J connectivity index is 2.42. The van der Waals surface area contributed by atoms with Crippen LogP contribution in [0.4, 0.5) is 0 Å². The molecule has 0 saturated heterocycles. The molecular formula is C12H11BrN2O2. The summed E-state index contributed by atoms with van der Waals surface area (Å²) < 4.78 is 5.92. The molecule has 0 spiro atoms. The highest BCUT2D eigenvalue weighted by atomic mass is 79.9. The minimum Gasteiger partial charge on any atom is -0.437 e. The molecule has 0 amide bonds. The number of nitrogens with one attached hydrogen (secondary N) is 1. The fourth-order valence-electron chi connectivity index (χ4n) is 1.38. The molecule has 0 aliphatic carbocycles. The van der Waals surface area contributed by atoms with Gasteiger partial charge in [0, 0.05) is 0 Å². The predicted octanol–water partition coefficient (Wildman–Crippen LogP) is 2.94. The minimum absolute atomic E-state index is 0.264. The fourth-order valence-corrected chi connectivity index (χ4v) is 1.67. The summed E-state index contributed by atoms with van der Waals surface area (Å²) in [6, 6.07) is 5.75. The Bertz CT molecular complexity index is 608. The molecule has 1 N–H and O–H groups in total. The molecule has 0 saturated carbocycles. The van der Waals surface area contributed by atoms with Crippen molar-refractivity contribution in [3.8, 4) is 11.6 Å². The molecule has 0 bridgehead atoms. The summed E-state index contributed by atoms with van der Waals surface area (Å²) in [5.74, 6) is 0.964. The van der Waals surface area contributed by atoms with Crippen LogP contribution in [0.5, 0.6) is 11.6 Å². The maximum Gasteiger partial charge on any atom is 0.268 e. The van der Waals surface area contributed by atoms with E-state index in [0.29, 0.717) is 10.2 Å². The van der Waals surface area contributed by atoms with Crippen LogP contribution in [0, 0.1) is 13.8 Å². The number of halogens is 1. The van der Waals surface area contributed by atoms with Crippen LogP contribution in [0.25, 0.3) is 0 Å². The zero-order valence-electron chi connectivity index (χ0n) is 9.45. The van der Waals surface area contributed by atoms with Crippen LogP contribution >= 0.6 is 15.9 Å². The maximum atomic E-state index is 11.4. The number of hydrogen-bond donors (Lipinski definition) is 1. The molecule has 1 aromatic carbocycles. The van der Waals surface area contributed by atoms with Crippen molar-refractivity contribution in [1.82, 2.24) is 9.97 Å². The summed E-state index contributed by atoms with van der Waals surface area (Å²) in [4.78, 5) is 17.8. The lowest BCUT2D eigenvalue weighted by Crippen LogP contribution is -2.08. The van der Waals surface area contributed by atoms with E-state index < -0.39 is 0 Å². The topological polar surface area (TPSA) is 55.0 Å². The first kappa shape index (κ1) is 11.9. The second-order valence-electron chi connectivity index (χ2n) is 3.65. The smallest absolute Gasteiger partial charge is 0.268 e. The summed E-state index contributed by atoms with van der Waals surface area (Å²) in [7, 11) is 0. The van der Waals surface area contributed by atoms with Gasteiger partial charge >= 0.3 is 0 Å². The molecule has 1 heterocycles. The fraction of sp³-hybridized carbons (Fsp3) is 0.167. The van der Waals surface area contributed by atoms with Gasteiger partial charge in [0.05, 0.1) is 6.33 Å². The van der Waals surface area contributed by atoms with Gasteiger partial charge in [-0.05, 0) is 47.0 Å². The highest BCUT2D eigenvalue weighted by Gasteiger charge is 2.09. The van der Waals surface area contributed by atoms with Crippen LogP contribution in [0.1, 0.15) is 11.1 Å². The lowest BCUT2D eigenvalue weighted by molar-refractivity contribution is 0.453. The Morgan fingerprint density at radius 2 is 2.12 bits per heavy atom. The van der Waals surface area contributed by atoms with Crippen LogP contribution in [0.2, 0.25) is 0 Å². The normalized spacial score (nSPS) is 10.3. The molecule has 0 unspecified atom stereocenters. The van der Waals surface area contributed by atoms with Crippen molar-refractivity contribution in [3.05, 3.63) is 50.5 Å². The molecule has 1 aromatic heterocycles. The number of hydrogen-bond acceptors (Lipinski definition) is 3. The molecule has 2 rings (SSSR count). The molecule has 2 aromatic rings. The number of aryl methyl sites for hydroxylation is 1. The van der Waals surface area contributed by atoms with E-state index in [0.717, 1.165) is 11.1 Å². The van der Waals surface area contributed by atoms with Crippen molar-refractivity contribution in [1.29, 1.82) is 0 Å². The Labute approximate surface area is 107 Å². The lowest BCUT2D eigenvalue weighted by atomic mass is 10.1. The Morgan fingerprint density at radius 1 is 1.35 bits per heavy atom. The second-order valence-corrected chi connectivity index (χ2v) is 4.44. The van der Waals surface area contributed by atoms with E-state index in [2.05, 4.69) is 25.9 Å². The van der Waals surface area contributed by atoms with Gasteiger partial charge in [0.2, 0.25) is 5.88 Å². The molecular weight excluding hydrogens is 284 g/mol. The SMILES string of the molecule is Cc1cccc(Oc2nc[nH]c(=O)c2Br)c1C. The standard InChI is InChI=1S/C12H11BrN2O2/c1-7-4-3-5-9(8(7)2)17-12-10(13)11(16)14-6-15-12/h3-6H,1-2H3,(H,14,15,16). The number of nitrogens with zero attached hydrogens (tertiary/aromatic N) is 1. The molecule has 0 radical (unpaired) electrons. The number of aromatic amines is 1. The van der Waals surface area contributed by atoms with Crippen LogP contribution in [-0.2, 0) is 0 Å². The van der Waals surface area contributed by atoms with Gasteiger partial charge in [-0.2, -0.15) is 0 Å². The number of rotatable bonds is 2. The third-order valence-corrected chi connectivity index (χ3v) is 3.23. The van der Waals surface area contributed by atoms with E-state index in [1.165, 1.54) is 6.33 Å². The Kier molecular flexibility index (Phi) is 3.28. The van der Waals surface area contributed by atoms with Gasteiger partial charge in [0.1, 0.15) is 10.2 Å². The zero-order chi connectivity index (χ0) is 12.4. The number of aromatic nitrogens is 2. The minimum atomic E-state index is -0.264. The summed E-state index contributed by atoms with van der Waals surface area (Å²) in [6.07, 6.45) is 1.31.